The van der Waals surface area contributed by atoms with E-state index in [1.165, 1.54) is 26.2 Å². The van der Waals surface area contributed by atoms with E-state index in [4.69, 9.17) is 14.2 Å². The largest absolute Gasteiger partial charge is 0.491 e. The minimum Gasteiger partial charge on any atom is -0.491 e. The van der Waals surface area contributed by atoms with Crippen LogP contribution in [0.3, 0.4) is 0 Å². The number of pyridine rings is 1. The van der Waals surface area contributed by atoms with Gasteiger partial charge in [-0.3, -0.25) is 4.79 Å². The predicted molar refractivity (Wildman–Crippen MR) is 153 cm³/mol. The van der Waals surface area contributed by atoms with Gasteiger partial charge in [-0.15, -0.1) is 0 Å². The van der Waals surface area contributed by atoms with E-state index in [-0.39, 0.29) is 0 Å². The van der Waals surface area contributed by atoms with E-state index in [1.807, 2.05) is 42.5 Å². The zero-order chi connectivity index (χ0) is 27.5. The van der Waals surface area contributed by atoms with Crippen molar-refractivity contribution >= 4 is 17.5 Å². The predicted octanol–water partition coefficient (Wildman–Crippen LogP) is 4.01. The number of piperazine rings is 1. The lowest BCUT2D eigenvalue weighted by Gasteiger charge is -2.28. The molecule has 0 unspecified atom stereocenters. The molecule has 9 nitrogen and oxygen atoms in total. The highest BCUT2D eigenvalue weighted by atomic mass is 16.5. The lowest BCUT2D eigenvalue weighted by Crippen LogP contribution is -2.42. The lowest BCUT2D eigenvalue weighted by atomic mass is 10.1. The Hall–Kier alpha value is -3.63. The minimum absolute atomic E-state index is 0.462. The van der Waals surface area contributed by atoms with Crippen LogP contribution in [0.25, 0.3) is 33.7 Å². The summed E-state index contributed by atoms with van der Waals surface area (Å²) < 4.78 is 16.2. The number of carbonyl (C=O) groups is 1. The molecule has 2 aromatic carbocycles. The Morgan fingerprint density at radius 3 is 2.31 bits per heavy atom. The van der Waals surface area contributed by atoms with Crippen molar-refractivity contribution < 1.29 is 19.0 Å². The smallest absolute Gasteiger partial charge is 0.178 e. The molecular formula is C30H37N5O4. The number of methoxy groups -OCH3 is 1. The van der Waals surface area contributed by atoms with Crippen LogP contribution < -0.4 is 4.74 Å². The van der Waals surface area contributed by atoms with Crippen molar-refractivity contribution in [1.82, 2.24) is 24.8 Å². The van der Waals surface area contributed by atoms with Gasteiger partial charge in [-0.1, -0.05) is 36.4 Å². The molecule has 0 spiro atoms. The SMILES string of the molecule is CN1CCN(C)CC1.COCCOCCOc1cccc(-c2ccnc3nc(-c4ccc(C=O)cc4)[nH]c23)c1. The van der Waals surface area contributed by atoms with E-state index in [0.717, 1.165) is 34.2 Å². The fourth-order valence-corrected chi connectivity index (χ4v) is 4.13. The number of ether oxygens (including phenoxy) is 3. The first-order valence-corrected chi connectivity index (χ1v) is 13.1. The van der Waals surface area contributed by atoms with Crippen LogP contribution in [0.5, 0.6) is 5.75 Å². The van der Waals surface area contributed by atoms with Crippen LogP contribution >= 0.6 is 0 Å². The molecule has 1 fully saturated rings. The van der Waals surface area contributed by atoms with Crippen molar-refractivity contribution in [1.29, 1.82) is 0 Å². The zero-order valence-electron chi connectivity index (χ0n) is 22.9. The maximum atomic E-state index is 10.9. The average Bonchev–Trinajstić information content (AvgIpc) is 3.42. The summed E-state index contributed by atoms with van der Waals surface area (Å²) in [4.78, 5) is 28.0. The molecule has 1 aliphatic rings. The Labute approximate surface area is 229 Å². The number of hydrogen-bond acceptors (Lipinski definition) is 8. The molecule has 0 aliphatic carbocycles. The summed E-state index contributed by atoms with van der Waals surface area (Å²) in [7, 11) is 5.99. The Bertz CT molecular complexity index is 1310. The lowest BCUT2D eigenvalue weighted by molar-refractivity contribution is 0.0544. The summed E-state index contributed by atoms with van der Waals surface area (Å²) in [6.07, 6.45) is 2.57. The Morgan fingerprint density at radius 1 is 0.897 bits per heavy atom. The first kappa shape index (κ1) is 28.4. The molecule has 2 aromatic heterocycles. The number of imidazole rings is 1. The molecule has 5 rings (SSSR count). The average molecular weight is 532 g/mol. The molecule has 1 aliphatic heterocycles. The van der Waals surface area contributed by atoms with Gasteiger partial charge >= 0.3 is 0 Å². The second-order valence-electron chi connectivity index (χ2n) is 9.47. The van der Waals surface area contributed by atoms with Crippen LogP contribution in [-0.2, 0) is 9.47 Å². The second kappa shape index (κ2) is 14.5. The van der Waals surface area contributed by atoms with Crippen LogP contribution in [0, 0.1) is 0 Å². The number of aromatic nitrogens is 3. The number of fused-ring (bicyclic) bond motifs is 1. The van der Waals surface area contributed by atoms with E-state index >= 15 is 0 Å². The van der Waals surface area contributed by atoms with Crippen molar-refractivity contribution in [3.63, 3.8) is 0 Å². The van der Waals surface area contributed by atoms with Crippen LogP contribution in [0.15, 0.2) is 60.8 Å². The molecule has 0 atom stereocenters. The van der Waals surface area contributed by atoms with Crippen LogP contribution in [0.1, 0.15) is 10.4 Å². The standard InChI is InChI=1S/C24H23N3O4.C6H14N2/c1-29-11-12-30-13-14-31-20-4-2-3-19(15-20)21-9-10-25-24-22(21)26-23(27-24)18-7-5-17(16-28)6-8-18;1-7-3-5-8(2)6-4-7/h2-10,15-16H,11-14H2,1H3,(H,25,26,27);3-6H2,1-2H3. The number of aldehydes is 1. The highest BCUT2D eigenvalue weighted by Crippen LogP contribution is 2.30. The molecular weight excluding hydrogens is 494 g/mol. The Balaban J connectivity index is 0.000000379. The number of aromatic amines is 1. The summed E-state index contributed by atoms with van der Waals surface area (Å²) in [5.74, 6) is 1.47. The number of benzene rings is 2. The molecule has 3 heterocycles. The topological polar surface area (TPSA) is 92.8 Å². The maximum absolute atomic E-state index is 10.9. The van der Waals surface area contributed by atoms with Gasteiger partial charge in [0.1, 0.15) is 24.5 Å². The summed E-state index contributed by atoms with van der Waals surface area (Å²) in [5.41, 5.74) is 4.97. The van der Waals surface area contributed by atoms with Gasteiger partial charge in [-0.2, -0.15) is 0 Å². The molecule has 0 amide bonds. The van der Waals surface area contributed by atoms with E-state index in [1.54, 1.807) is 25.4 Å². The zero-order valence-corrected chi connectivity index (χ0v) is 22.9. The highest BCUT2D eigenvalue weighted by molar-refractivity contribution is 5.91. The number of carbonyl (C=O) groups excluding carboxylic acids is 1. The first-order valence-electron chi connectivity index (χ1n) is 13.1. The third-order valence-electron chi connectivity index (χ3n) is 6.51. The van der Waals surface area contributed by atoms with Crippen LogP contribution in [0.4, 0.5) is 0 Å². The summed E-state index contributed by atoms with van der Waals surface area (Å²) >= 11 is 0. The minimum atomic E-state index is 0.462. The quantitative estimate of drug-likeness (QED) is 0.242. The second-order valence-corrected chi connectivity index (χ2v) is 9.47. The number of hydrogen-bond donors (Lipinski definition) is 1. The molecule has 1 N–H and O–H groups in total. The Kier molecular flexibility index (Phi) is 10.6. The summed E-state index contributed by atoms with van der Waals surface area (Å²) in [5, 5.41) is 0. The van der Waals surface area contributed by atoms with Gasteiger partial charge < -0.3 is 29.0 Å². The molecule has 9 heteroatoms. The fraction of sp³-hybridized carbons (Fsp3) is 0.367. The number of H-pyrrole nitrogens is 1. The molecule has 0 radical (unpaired) electrons. The van der Waals surface area contributed by atoms with Gasteiger partial charge in [0, 0.05) is 56.2 Å². The molecule has 4 aromatic rings. The van der Waals surface area contributed by atoms with E-state index < -0.39 is 0 Å². The fourth-order valence-electron chi connectivity index (χ4n) is 4.13. The van der Waals surface area contributed by atoms with Crippen molar-refractivity contribution in [3.05, 3.63) is 66.4 Å². The van der Waals surface area contributed by atoms with Gasteiger partial charge in [0.25, 0.3) is 0 Å². The summed E-state index contributed by atoms with van der Waals surface area (Å²) in [6, 6.07) is 17.1. The van der Waals surface area contributed by atoms with E-state index in [2.05, 4.69) is 38.8 Å². The number of rotatable bonds is 10. The van der Waals surface area contributed by atoms with Crippen molar-refractivity contribution in [2.45, 2.75) is 0 Å². The van der Waals surface area contributed by atoms with Gasteiger partial charge in [-0.05, 0) is 37.9 Å². The van der Waals surface area contributed by atoms with Crippen LogP contribution in [-0.4, -0.2) is 105 Å². The normalized spacial score (nSPS) is 14.1. The third-order valence-corrected chi connectivity index (χ3v) is 6.51. The van der Waals surface area contributed by atoms with Crippen molar-refractivity contribution in [2.24, 2.45) is 0 Å². The highest BCUT2D eigenvalue weighted by Gasteiger charge is 2.12. The molecule has 0 saturated carbocycles. The molecule has 39 heavy (non-hydrogen) atoms. The van der Waals surface area contributed by atoms with Gasteiger partial charge in [-0.25, -0.2) is 9.97 Å². The number of nitrogens with zero attached hydrogens (tertiary/aromatic N) is 4. The van der Waals surface area contributed by atoms with Crippen molar-refractivity contribution in [2.75, 3.05) is 73.8 Å². The first-order chi connectivity index (χ1) is 19.1. The number of nitrogens with one attached hydrogen (secondary N) is 1. The van der Waals surface area contributed by atoms with Gasteiger partial charge in [0.15, 0.2) is 5.65 Å². The van der Waals surface area contributed by atoms with Crippen molar-refractivity contribution in [3.8, 4) is 28.3 Å². The third kappa shape index (κ3) is 8.18. The van der Waals surface area contributed by atoms with E-state index in [0.29, 0.717) is 43.5 Å². The van der Waals surface area contributed by atoms with Gasteiger partial charge in [0.05, 0.1) is 25.3 Å². The monoisotopic (exact) mass is 531 g/mol. The maximum Gasteiger partial charge on any atom is 0.178 e. The molecule has 206 valence electrons. The number of likely N-dealkylation sites (N-methyl/N-ethyl adjacent to an activating group) is 2. The Morgan fingerprint density at radius 2 is 1.62 bits per heavy atom. The molecule has 1 saturated heterocycles. The van der Waals surface area contributed by atoms with Gasteiger partial charge in [0.2, 0.25) is 0 Å². The van der Waals surface area contributed by atoms with E-state index in [9.17, 15) is 4.79 Å². The summed E-state index contributed by atoms with van der Waals surface area (Å²) in [6.45, 7) is 7.01. The molecule has 0 bridgehead atoms. The van der Waals surface area contributed by atoms with Crippen LogP contribution in [0.2, 0.25) is 0 Å².